The van der Waals surface area contributed by atoms with E-state index in [1.54, 1.807) is 30.6 Å². The number of rotatable bonds is 1. The van der Waals surface area contributed by atoms with Gasteiger partial charge in [0.15, 0.2) is 0 Å². The minimum absolute atomic E-state index is 0.0741. The summed E-state index contributed by atoms with van der Waals surface area (Å²) < 4.78 is 29.2. The zero-order valence-corrected chi connectivity index (χ0v) is 9.08. The van der Waals surface area contributed by atoms with E-state index in [1.807, 2.05) is 12.1 Å². The van der Waals surface area contributed by atoms with E-state index in [1.165, 1.54) is 12.1 Å². The van der Waals surface area contributed by atoms with Crippen LogP contribution in [-0.4, -0.2) is 23.2 Å². The van der Waals surface area contributed by atoms with Crippen molar-refractivity contribution in [2.75, 3.05) is 0 Å². The largest absolute Gasteiger partial charge is 0.294 e. The molecule has 0 radical (unpaired) electrons. The van der Waals surface area contributed by atoms with Crippen LogP contribution in [-0.2, 0) is 10.1 Å². The van der Waals surface area contributed by atoms with Crippen molar-refractivity contribution in [2.45, 2.75) is 4.90 Å². The molecular formula is C10H10N2O3S. The fourth-order valence-corrected chi connectivity index (χ4v) is 1.35. The molecule has 2 aromatic rings. The van der Waals surface area contributed by atoms with E-state index in [-0.39, 0.29) is 4.90 Å². The second-order valence-corrected chi connectivity index (χ2v) is 4.12. The van der Waals surface area contributed by atoms with Crippen molar-refractivity contribution < 1.29 is 13.0 Å². The molecule has 0 aliphatic rings. The molecule has 1 heterocycles. The lowest BCUT2D eigenvalue weighted by Gasteiger charge is -1.92. The first kappa shape index (κ1) is 12.3. The van der Waals surface area contributed by atoms with Crippen LogP contribution in [0.4, 0.5) is 0 Å². The Morgan fingerprint density at radius 1 is 0.875 bits per heavy atom. The first-order valence-electron chi connectivity index (χ1n) is 4.35. The molecule has 1 aromatic carbocycles. The lowest BCUT2D eigenvalue weighted by molar-refractivity contribution is 0.483. The Morgan fingerprint density at radius 2 is 1.38 bits per heavy atom. The molecule has 6 heteroatoms. The first-order valence-corrected chi connectivity index (χ1v) is 5.79. The number of nitrogens with zero attached hydrogens (tertiary/aromatic N) is 2. The first-order chi connectivity index (χ1) is 7.61. The third-order valence-electron chi connectivity index (χ3n) is 1.52. The second kappa shape index (κ2) is 5.94. The summed E-state index contributed by atoms with van der Waals surface area (Å²) in [6, 6.07) is 11.1. The summed E-state index contributed by atoms with van der Waals surface area (Å²) in [4.78, 5) is -0.0741. The van der Waals surface area contributed by atoms with Crippen LogP contribution < -0.4 is 0 Å². The van der Waals surface area contributed by atoms with Gasteiger partial charge in [0.2, 0.25) is 0 Å². The SMILES string of the molecule is O=S(=O)(O)c1ccccc1.c1ccnnc1. The predicted molar refractivity (Wildman–Crippen MR) is 58.3 cm³/mol. The average Bonchev–Trinajstić information content (AvgIpc) is 2.32. The quantitative estimate of drug-likeness (QED) is 0.760. The highest BCUT2D eigenvalue weighted by Crippen LogP contribution is 2.05. The summed E-state index contributed by atoms with van der Waals surface area (Å²) in [7, 11) is -4.00. The molecule has 16 heavy (non-hydrogen) atoms. The Kier molecular flexibility index (Phi) is 4.56. The van der Waals surface area contributed by atoms with Crippen molar-refractivity contribution in [1.29, 1.82) is 0 Å². The van der Waals surface area contributed by atoms with E-state index >= 15 is 0 Å². The van der Waals surface area contributed by atoms with Crippen molar-refractivity contribution in [1.82, 2.24) is 10.2 Å². The van der Waals surface area contributed by atoms with Gasteiger partial charge in [-0.15, -0.1) is 0 Å². The zero-order chi connectivity index (χ0) is 11.9. The minimum atomic E-state index is -4.00. The highest BCUT2D eigenvalue weighted by molar-refractivity contribution is 7.85. The van der Waals surface area contributed by atoms with Gasteiger partial charge in [0.25, 0.3) is 10.1 Å². The third-order valence-corrected chi connectivity index (χ3v) is 2.39. The van der Waals surface area contributed by atoms with Crippen molar-refractivity contribution in [3.8, 4) is 0 Å². The van der Waals surface area contributed by atoms with E-state index in [2.05, 4.69) is 10.2 Å². The molecule has 84 valence electrons. The number of hydrogen-bond donors (Lipinski definition) is 1. The summed E-state index contributed by atoms with van der Waals surface area (Å²) in [5.41, 5.74) is 0. The molecular weight excluding hydrogens is 228 g/mol. The maximum Gasteiger partial charge on any atom is 0.294 e. The third kappa shape index (κ3) is 4.63. The van der Waals surface area contributed by atoms with Gasteiger partial charge in [0.1, 0.15) is 0 Å². The molecule has 5 nitrogen and oxygen atoms in total. The van der Waals surface area contributed by atoms with Crippen LogP contribution >= 0.6 is 0 Å². The minimum Gasteiger partial charge on any atom is -0.282 e. The van der Waals surface area contributed by atoms with Gasteiger partial charge in [-0.25, -0.2) is 0 Å². The average molecular weight is 238 g/mol. The molecule has 0 saturated carbocycles. The van der Waals surface area contributed by atoms with E-state index in [9.17, 15) is 8.42 Å². The second-order valence-electron chi connectivity index (χ2n) is 2.70. The highest BCUT2D eigenvalue weighted by atomic mass is 32.2. The van der Waals surface area contributed by atoms with Crippen LogP contribution in [0, 0.1) is 0 Å². The van der Waals surface area contributed by atoms with Crippen molar-refractivity contribution in [2.24, 2.45) is 0 Å². The van der Waals surface area contributed by atoms with Gasteiger partial charge in [-0.1, -0.05) is 18.2 Å². The summed E-state index contributed by atoms with van der Waals surface area (Å²) >= 11 is 0. The van der Waals surface area contributed by atoms with Crippen molar-refractivity contribution in [3.05, 3.63) is 54.9 Å². The Balaban J connectivity index is 0.000000181. The molecule has 0 saturated heterocycles. The molecule has 0 fully saturated rings. The fourth-order valence-electron chi connectivity index (χ4n) is 0.846. The molecule has 0 aliphatic heterocycles. The van der Waals surface area contributed by atoms with Gasteiger partial charge in [-0.05, 0) is 24.3 Å². The van der Waals surface area contributed by atoms with Gasteiger partial charge in [-0.3, -0.25) is 4.55 Å². The van der Waals surface area contributed by atoms with Crippen LogP contribution in [0.1, 0.15) is 0 Å². The monoisotopic (exact) mass is 238 g/mol. The standard InChI is InChI=1S/C6H6O3S.C4H4N2/c7-10(8,9)6-4-2-1-3-5-6;1-2-4-6-5-3-1/h1-5H,(H,7,8,9);1-4H. The summed E-state index contributed by atoms with van der Waals surface area (Å²) in [6.45, 7) is 0. The summed E-state index contributed by atoms with van der Waals surface area (Å²) in [5, 5.41) is 7.07. The lowest BCUT2D eigenvalue weighted by atomic mass is 10.4. The Hall–Kier alpha value is -1.79. The molecule has 0 aliphatic carbocycles. The highest BCUT2D eigenvalue weighted by Gasteiger charge is 2.05. The van der Waals surface area contributed by atoms with Gasteiger partial charge in [0, 0.05) is 12.4 Å². The fraction of sp³-hybridized carbons (Fsp3) is 0. The molecule has 2 rings (SSSR count). The molecule has 0 bridgehead atoms. The van der Waals surface area contributed by atoms with Crippen LogP contribution in [0.2, 0.25) is 0 Å². The Morgan fingerprint density at radius 3 is 1.62 bits per heavy atom. The number of benzene rings is 1. The Labute approximate surface area is 93.5 Å². The summed E-state index contributed by atoms with van der Waals surface area (Å²) in [5.74, 6) is 0. The molecule has 1 aromatic heterocycles. The molecule has 0 amide bonds. The molecule has 0 unspecified atom stereocenters. The van der Waals surface area contributed by atoms with Gasteiger partial charge < -0.3 is 0 Å². The maximum atomic E-state index is 10.4. The molecule has 0 atom stereocenters. The summed E-state index contributed by atoms with van der Waals surface area (Å²) in [6.07, 6.45) is 3.28. The van der Waals surface area contributed by atoms with Crippen LogP contribution in [0.5, 0.6) is 0 Å². The predicted octanol–water partition coefficient (Wildman–Crippen LogP) is 1.41. The molecule has 0 spiro atoms. The van der Waals surface area contributed by atoms with Crippen LogP contribution in [0.25, 0.3) is 0 Å². The maximum absolute atomic E-state index is 10.4. The van der Waals surface area contributed by atoms with Gasteiger partial charge >= 0.3 is 0 Å². The topological polar surface area (TPSA) is 80.2 Å². The zero-order valence-electron chi connectivity index (χ0n) is 8.26. The number of aromatic nitrogens is 2. The van der Waals surface area contributed by atoms with E-state index in [0.717, 1.165) is 0 Å². The van der Waals surface area contributed by atoms with Gasteiger partial charge in [0.05, 0.1) is 4.90 Å². The number of hydrogen-bond acceptors (Lipinski definition) is 4. The van der Waals surface area contributed by atoms with E-state index in [0.29, 0.717) is 0 Å². The Bertz CT molecular complexity index is 473. The molecule has 1 N–H and O–H groups in total. The lowest BCUT2D eigenvalue weighted by Crippen LogP contribution is -1.96. The smallest absolute Gasteiger partial charge is 0.282 e. The van der Waals surface area contributed by atoms with Gasteiger partial charge in [-0.2, -0.15) is 18.6 Å². The van der Waals surface area contributed by atoms with E-state index in [4.69, 9.17) is 4.55 Å². The normalized spacial score (nSPS) is 10.1. The van der Waals surface area contributed by atoms with Crippen LogP contribution in [0.3, 0.4) is 0 Å². The van der Waals surface area contributed by atoms with Crippen molar-refractivity contribution in [3.63, 3.8) is 0 Å². The van der Waals surface area contributed by atoms with Crippen LogP contribution in [0.15, 0.2) is 59.8 Å². The van der Waals surface area contributed by atoms with E-state index < -0.39 is 10.1 Å². The van der Waals surface area contributed by atoms with Crippen molar-refractivity contribution >= 4 is 10.1 Å².